The monoisotopic (exact) mass is 487 g/mol. The molecule has 166 valence electrons. The van der Waals surface area contributed by atoms with Gasteiger partial charge in [-0.15, -0.1) is 0 Å². The topological polar surface area (TPSA) is 101 Å². The Labute approximate surface area is 191 Å². The minimum absolute atomic E-state index is 0.118. The van der Waals surface area contributed by atoms with Crippen molar-refractivity contribution < 1.29 is 4.79 Å². The van der Waals surface area contributed by atoms with Crippen LogP contribution in [-0.4, -0.2) is 42.1 Å². The fourth-order valence-electron chi connectivity index (χ4n) is 4.10. The van der Waals surface area contributed by atoms with E-state index in [1.165, 1.54) is 19.1 Å². The van der Waals surface area contributed by atoms with Crippen LogP contribution in [0.15, 0.2) is 27.5 Å². The second-order valence-electron chi connectivity index (χ2n) is 8.39. The third-order valence-corrected chi connectivity index (χ3v) is 5.98. The molecule has 4 N–H and O–H groups in total. The van der Waals surface area contributed by atoms with Crippen LogP contribution in [0.2, 0.25) is 0 Å². The number of aryl methyl sites for hydroxylation is 1. The first-order valence-electron chi connectivity index (χ1n) is 10.5. The SMILES string of the molecule is Cc1cc(CN(C)C)c(CNC(=O)c2cc(Br)cc(NC3CCCC3)c2C=N)c(=O)[nH]1. The van der Waals surface area contributed by atoms with Gasteiger partial charge in [0.2, 0.25) is 0 Å². The van der Waals surface area contributed by atoms with Gasteiger partial charge in [-0.25, -0.2) is 0 Å². The first-order chi connectivity index (χ1) is 14.8. The largest absolute Gasteiger partial charge is 0.382 e. The highest BCUT2D eigenvalue weighted by molar-refractivity contribution is 9.10. The lowest BCUT2D eigenvalue weighted by atomic mass is 10.0. The molecular formula is C23H30BrN5O2. The predicted octanol–water partition coefficient (Wildman–Crippen LogP) is 3.79. The molecule has 1 aliphatic rings. The van der Waals surface area contributed by atoms with Crippen molar-refractivity contribution in [1.29, 1.82) is 5.41 Å². The van der Waals surface area contributed by atoms with E-state index in [9.17, 15) is 9.59 Å². The summed E-state index contributed by atoms with van der Waals surface area (Å²) in [6.45, 7) is 2.57. The van der Waals surface area contributed by atoms with Crippen LogP contribution in [-0.2, 0) is 13.1 Å². The number of amides is 1. The highest BCUT2D eigenvalue weighted by atomic mass is 79.9. The third-order valence-electron chi connectivity index (χ3n) is 5.52. The first-order valence-corrected chi connectivity index (χ1v) is 11.3. The van der Waals surface area contributed by atoms with E-state index in [2.05, 4.69) is 31.5 Å². The van der Waals surface area contributed by atoms with Crippen molar-refractivity contribution in [2.45, 2.75) is 51.7 Å². The zero-order valence-electron chi connectivity index (χ0n) is 18.3. The Kier molecular flexibility index (Phi) is 7.67. The van der Waals surface area contributed by atoms with Gasteiger partial charge in [0.05, 0.1) is 5.56 Å². The molecule has 0 radical (unpaired) electrons. The smallest absolute Gasteiger partial charge is 0.253 e. The van der Waals surface area contributed by atoms with Crippen LogP contribution in [0.5, 0.6) is 0 Å². The molecular weight excluding hydrogens is 458 g/mol. The lowest BCUT2D eigenvalue weighted by Crippen LogP contribution is -2.30. The van der Waals surface area contributed by atoms with Crippen molar-refractivity contribution in [3.63, 3.8) is 0 Å². The average Bonchev–Trinajstić information content (AvgIpc) is 3.19. The maximum absolute atomic E-state index is 13.1. The molecule has 1 aromatic heterocycles. The van der Waals surface area contributed by atoms with Gasteiger partial charge in [0.15, 0.2) is 0 Å². The Bertz CT molecular complexity index is 1030. The number of benzene rings is 1. The summed E-state index contributed by atoms with van der Waals surface area (Å²) in [5.41, 5.74) is 3.77. The van der Waals surface area contributed by atoms with Gasteiger partial charge in [-0.1, -0.05) is 28.8 Å². The molecule has 1 fully saturated rings. The summed E-state index contributed by atoms with van der Waals surface area (Å²) in [6, 6.07) is 5.93. The molecule has 1 heterocycles. The zero-order chi connectivity index (χ0) is 22.5. The standard InChI is InChI=1S/C23H30BrN5O2/c1-14-8-15(13-29(2)3)20(23(31)27-14)12-26-22(30)18-9-16(24)10-21(19(18)11-25)28-17-6-4-5-7-17/h8-11,17,25,28H,4-7,12-13H2,1-3H3,(H,26,30)(H,27,31). The number of halogens is 1. The summed E-state index contributed by atoms with van der Waals surface area (Å²) in [4.78, 5) is 30.4. The van der Waals surface area contributed by atoms with E-state index in [-0.39, 0.29) is 18.0 Å². The van der Waals surface area contributed by atoms with Gasteiger partial charge >= 0.3 is 0 Å². The van der Waals surface area contributed by atoms with Crippen molar-refractivity contribution in [3.8, 4) is 0 Å². The molecule has 1 amide bonds. The number of nitrogens with one attached hydrogen (secondary N) is 4. The zero-order valence-corrected chi connectivity index (χ0v) is 19.9. The Balaban J connectivity index is 1.85. The number of hydrogen-bond acceptors (Lipinski definition) is 5. The van der Waals surface area contributed by atoms with E-state index in [1.807, 2.05) is 38.1 Å². The maximum Gasteiger partial charge on any atom is 0.253 e. The van der Waals surface area contributed by atoms with Gasteiger partial charge in [-0.3, -0.25) is 9.59 Å². The summed E-state index contributed by atoms with van der Waals surface area (Å²) in [5.74, 6) is -0.315. The van der Waals surface area contributed by atoms with Gasteiger partial charge < -0.3 is 25.9 Å². The number of anilines is 1. The second-order valence-corrected chi connectivity index (χ2v) is 9.31. The van der Waals surface area contributed by atoms with Crippen LogP contribution in [0.4, 0.5) is 5.69 Å². The number of carbonyl (C=O) groups excluding carboxylic acids is 1. The van der Waals surface area contributed by atoms with Crippen LogP contribution in [0.1, 0.15) is 58.4 Å². The first kappa shape index (κ1) is 23.2. The summed E-state index contributed by atoms with van der Waals surface area (Å²) in [6.07, 6.45) is 5.79. The number of hydrogen-bond donors (Lipinski definition) is 4. The Morgan fingerprint density at radius 2 is 2.00 bits per heavy atom. The number of carbonyl (C=O) groups is 1. The lowest BCUT2D eigenvalue weighted by molar-refractivity contribution is 0.0950. The molecule has 2 aromatic rings. The van der Waals surface area contributed by atoms with E-state index in [0.717, 1.165) is 34.3 Å². The average molecular weight is 488 g/mol. The van der Waals surface area contributed by atoms with Crippen LogP contribution in [0.25, 0.3) is 0 Å². The number of nitrogens with zero attached hydrogens (tertiary/aromatic N) is 1. The summed E-state index contributed by atoms with van der Waals surface area (Å²) < 4.78 is 0.769. The van der Waals surface area contributed by atoms with E-state index >= 15 is 0 Å². The number of pyridine rings is 1. The van der Waals surface area contributed by atoms with E-state index in [1.54, 1.807) is 6.07 Å². The Morgan fingerprint density at radius 1 is 1.29 bits per heavy atom. The number of rotatable bonds is 8. The van der Waals surface area contributed by atoms with E-state index in [4.69, 9.17) is 5.41 Å². The van der Waals surface area contributed by atoms with Crippen LogP contribution in [0.3, 0.4) is 0 Å². The molecule has 8 heteroatoms. The van der Waals surface area contributed by atoms with Gasteiger partial charge in [-0.05, 0) is 57.6 Å². The fourth-order valence-corrected chi connectivity index (χ4v) is 4.55. The molecule has 0 spiro atoms. The van der Waals surface area contributed by atoms with Crippen molar-refractivity contribution >= 4 is 33.7 Å². The molecule has 1 aliphatic carbocycles. The second kappa shape index (κ2) is 10.2. The Morgan fingerprint density at radius 3 is 2.65 bits per heavy atom. The lowest BCUT2D eigenvalue weighted by Gasteiger charge is -2.19. The van der Waals surface area contributed by atoms with Crippen molar-refractivity contribution in [2.24, 2.45) is 0 Å². The third kappa shape index (κ3) is 5.83. The number of H-pyrrole nitrogens is 1. The van der Waals surface area contributed by atoms with Crippen molar-refractivity contribution in [1.82, 2.24) is 15.2 Å². The summed E-state index contributed by atoms with van der Waals surface area (Å²) >= 11 is 3.49. The quantitative estimate of drug-likeness (QED) is 0.425. The normalized spacial score (nSPS) is 14.1. The van der Waals surface area contributed by atoms with E-state index < -0.39 is 0 Å². The minimum atomic E-state index is -0.315. The molecule has 0 bridgehead atoms. The van der Waals surface area contributed by atoms with Crippen molar-refractivity contribution in [2.75, 3.05) is 19.4 Å². The molecule has 0 atom stereocenters. The molecule has 1 aromatic carbocycles. The summed E-state index contributed by atoms with van der Waals surface area (Å²) in [7, 11) is 3.88. The molecule has 1 saturated carbocycles. The molecule has 3 rings (SSSR count). The highest BCUT2D eigenvalue weighted by Gasteiger charge is 2.20. The van der Waals surface area contributed by atoms with Crippen LogP contribution in [0, 0.1) is 12.3 Å². The number of aromatic amines is 1. The van der Waals surface area contributed by atoms with Crippen LogP contribution < -0.4 is 16.2 Å². The molecule has 0 aliphatic heterocycles. The number of aromatic nitrogens is 1. The van der Waals surface area contributed by atoms with E-state index in [0.29, 0.717) is 29.3 Å². The molecule has 0 saturated heterocycles. The van der Waals surface area contributed by atoms with Gasteiger partial charge in [0.1, 0.15) is 0 Å². The minimum Gasteiger partial charge on any atom is -0.382 e. The van der Waals surface area contributed by atoms with Gasteiger partial charge in [0, 0.05) is 52.3 Å². The molecule has 0 unspecified atom stereocenters. The Hall–Kier alpha value is -2.45. The van der Waals surface area contributed by atoms with Gasteiger partial charge in [0.25, 0.3) is 11.5 Å². The fraction of sp³-hybridized carbons (Fsp3) is 0.435. The van der Waals surface area contributed by atoms with Crippen LogP contribution >= 0.6 is 15.9 Å². The van der Waals surface area contributed by atoms with Gasteiger partial charge in [-0.2, -0.15) is 0 Å². The molecule has 7 nitrogen and oxygen atoms in total. The summed E-state index contributed by atoms with van der Waals surface area (Å²) in [5, 5.41) is 14.3. The highest BCUT2D eigenvalue weighted by Crippen LogP contribution is 2.29. The van der Waals surface area contributed by atoms with Crippen molar-refractivity contribution in [3.05, 3.63) is 61.0 Å². The maximum atomic E-state index is 13.1. The predicted molar refractivity (Wildman–Crippen MR) is 128 cm³/mol. The molecule has 31 heavy (non-hydrogen) atoms.